The van der Waals surface area contributed by atoms with E-state index in [1.165, 1.54) is 12.1 Å². The maximum atomic E-state index is 12.6. The number of nitrogens with zero attached hydrogens (tertiary/aromatic N) is 2. The minimum absolute atomic E-state index is 0.0371. The second-order valence-corrected chi connectivity index (χ2v) is 8.29. The van der Waals surface area contributed by atoms with E-state index < -0.39 is 21.6 Å². The van der Waals surface area contributed by atoms with Crippen molar-refractivity contribution in [3.63, 3.8) is 0 Å². The summed E-state index contributed by atoms with van der Waals surface area (Å²) in [6, 6.07) is 5.00. The van der Waals surface area contributed by atoms with Crippen molar-refractivity contribution in [3.05, 3.63) is 35.4 Å². The van der Waals surface area contributed by atoms with Gasteiger partial charge in [0.1, 0.15) is 9.84 Å². The highest BCUT2D eigenvalue weighted by atomic mass is 32.2. The predicted octanol–water partition coefficient (Wildman–Crippen LogP) is 2.16. The Morgan fingerprint density at radius 3 is 2.37 bits per heavy atom. The van der Waals surface area contributed by atoms with E-state index in [4.69, 9.17) is 4.74 Å². The van der Waals surface area contributed by atoms with Gasteiger partial charge in [0.2, 0.25) is 0 Å². The first kappa shape index (κ1) is 23.2. The molecule has 0 aliphatic carbocycles. The number of ether oxygens (including phenoxy) is 1. The lowest BCUT2D eigenvalue weighted by atomic mass is 10.1. The van der Waals surface area contributed by atoms with Gasteiger partial charge in [-0.3, -0.25) is 4.99 Å². The van der Waals surface area contributed by atoms with Crippen LogP contribution in [0, 0.1) is 0 Å². The van der Waals surface area contributed by atoms with Crippen molar-refractivity contribution in [1.82, 2.24) is 10.2 Å². The van der Waals surface area contributed by atoms with Crippen LogP contribution in [0.4, 0.5) is 13.2 Å². The van der Waals surface area contributed by atoms with Gasteiger partial charge in [0.15, 0.2) is 5.96 Å². The molecule has 0 amide bonds. The van der Waals surface area contributed by atoms with E-state index in [0.717, 1.165) is 24.0 Å². The smallest absolute Gasteiger partial charge is 0.378 e. The Labute approximate surface area is 158 Å². The molecule has 27 heavy (non-hydrogen) atoms. The highest BCUT2D eigenvalue weighted by Crippen LogP contribution is 2.29. The van der Waals surface area contributed by atoms with Gasteiger partial charge >= 0.3 is 6.18 Å². The van der Waals surface area contributed by atoms with Crippen molar-refractivity contribution in [2.24, 2.45) is 4.99 Å². The van der Waals surface area contributed by atoms with Crippen LogP contribution in [0.1, 0.15) is 18.1 Å². The topological polar surface area (TPSA) is 71.0 Å². The van der Waals surface area contributed by atoms with Crippen LogP contribution in [-0.2, 0) is 27.3 Å². The van der Waals surface area contributed by atoms with Crippen LogP contribution in [0.2, 0.25) is 0 Å². The van der Waals surface area contributed by atoms with Crippen molar-refractivity contribution >= 4 is 15.8 Å². The summed E-state index contributed by atoms with van der Waals surface area (Å²) in [7, 11) is -1.27. The number of halogens is 3. The third-order valence-electron chi connectivity index (χ3n) is 3.49. The Balaban J connectivity index is 2.57. The molecule has 0 atom stereocenters. The summed E-state index contributed by atoms with van der Waals surface area (Å²) in [6.07, 6.45) is -3.20. The Kier molecular flexibility index (Phi) is 9.04. The standard InChI is InChI=1S/C17H26F3N3O3S/c1-4-21-16(22-9-10-26-11-12-27(3,24)25)23(2)13-14-5-7-15(8-6-14)17(18,19)20/h5-8H,4,9-13H2,1-3H3,(H,21,22). The molecule has 0 aliphatic rings. The average Bonchev–Trinajstić information content (AvgIpc) is 2.55. The summed E-state index contributed by atoms with van der Waals surface area (Å²) in [5.41, 5.74) is 0.0428. The molecular formula is C17H26F3N3O3S. The van der Waals surface area contributed by atoms with Gasteiger partial charge in [0, 0.05) is 26.4 Å². The van der Waals surface area contributed by atoms with E-state index in [9.17, 15) is 21.6 Å². The molecule has 0 aromatic heterocycles. The lowest BCUT2D eigenvalue weighted by molar-refractivity contribution is -0.137. The monoisotopic (exact) mass is 409 g/mol. The minimum atomic E-state index is -4.35. The molecule has 0 unspecified atom stereocenters. The largest absolute Gasteiger partial charge is 0.416 e. The van der Waals surface area contributed by atoms with E-state index in [0.29, 0.717) is 25.6 Å². The Bertz CT molecular complexity index is 704. The molecule has 0 spiro atoms. The van der Waals surface area contributed by atoms with Crippen LogP contribution < -0.4 is 5.32 Å². The number of guanidine groups is 1. The number of sulfone groups is 1. The van der Waals surface area contributed by atoms with Crippen LogP contribution in [0.25, 0.3) is 0 Å². The number of aliphatic imine (C=N–C) groups is 1. The quantitative estimate of drug-likeness (QED) is 0.385. The van der Waals surface area contributed by atoms with Crippen molar-refractivity contribution in [1.29, 1.82) is 0 Å². The number of hydrogen-bond donors (Lipinski definition) is 1. The lowest BCUT2D eigenvalue weighted by Crippen LogP contribution is -2.38. The molecule has 1 aromatic rings. The van der Waals surface area contributed by atoms with Crippen LogP contribution in [-0.4, -0.2) is 64.6 Å². The number of nitrogens with one attached hydrogen (secondary N) is 1. The second-order valence-electron chi connectivity index (χ2n) is 6.03. The first-order chi connectivity index (χ1) is 12.5. The van der Waals surface area contributed by atoms with Gasteiger partial charge < -0.3 is 15.0 Å². The van der Waals surface area contributed by atoms with Crippen molar-refractivity contribution in [2.75, 3.05) is 45.4 Å². The lowest BCUT2D eigenvalue weighted by Gasteiger charge is -2.22. The van der Waals surface area contributed by atoms with Crippen LogP contribution in [0.5, 0.6) is 0 Å². The van der Waals surface area contributed by atoms with Crippen molar-refractivity contribution in [2.45, 2.75) is 19.6 Å². The zero-order valence-corrected chi connectivity index (χ0v) is 16.5. The first-order valence-electron chi connectivity index (χ1n) is 8.44. The van der Waals surface area contributed by atoms with Gasteiger partial charge in [0.25, 0.3) is 0 Å². The van der Waals surface area contributed by atoms with Gasteiger partial charge in [-0.1, -0.05) is 12.1 Å². The maximum Gasteiger partial charge on any atom is 0.416 e. The Hall–Kier alpha value is -1.81. The summed E-state index contributed by atoms with van der Waals surface area (Å²) in [4.78, 5) is 6.17. The predicted molar refractivity (Wildman–Crippen MR) is 99.4 cm³/mol. The summed E-state index contributed by atoms with van der Waals surface area (Å²) in [5, 5.41) is 3.10. The van der Waals surface area contributed by atoms with Crippen molar-refractivity contribution in [3.8, 4) is 0 Å². The molecule has 0 aliphatic heterocycles. The summed E-state index contributed by atoms with van der Waals surface area (Å²) in [6.45, 7) is 3.66. The van der Waals surface area contributed by atoms with Gasteiger partial charge in [-0.15, -0.1) is 0 Å². The van der Waals surface area contributed by atoms with E-state index in [1.807, 2.05) is 6.92 Å². The fourth-order valence-corrected chi connectivity index (χ4v) is 2.57. The van der Waals surface area contributed by atoms with Crippen LogP contribution in [0.15, 0.2) is 29.3 Å². The zero-order chi connectivity index (χ0) is 20.5. The molecule has 1 aromatic carbocycles. The van der Waals surface area contributed by atoms with Gasteiger partial charge in [0.05, 0.1) is 31.1 Å². The first-order valence-corrected chi connectivity index (χ1v) is 10.5. The number of hydrogen-bond acceptors (Lipinski definition) is 4. The molecule has 0 heterocycles. The normalized spacial score (nSPS) is 12.9. The number of benzene rings is 1. The molecule has 6 nitrogen and oxygen atoms in total. The molecule has 1 rings (SSSR count). The fraction of sp³-hybridized carbons (Fsp3) is 0.588. The van der Waals surface area contributed by atoms with Crippen molar-refractivity contribution < 1.29 is 26.3 Å². The second kappa shape index (κ2) is 10.5. The fourth-order valence-electron chi connectivity index (χ4n) is 2.15. The summed E-state index contributed by atoms with van der Waals surface area (Å²) in [5.74, 6) is 0.550. The van der Waals surface area contributed by atoms with E-state index in [1.54, 1.807) is 11.9 Å². The molecular weight excluding hydrogens is 383 g/mol. The molecule has 0 saturated heterocycles. The summed E-state index contributed by atoms with van der Waals surface area (Å²) >= 11 is 0. The van der Waals surface area contributed by atoms with Gasteiger partial charge in [-0.2, -0.15) is 13.2 Å². The minimum Gasteiger partial charge on any atom is -0.378 e. The van der Waals surface area contributed by atoms with Gasteiger partial charge in [-0.25, -0.2) is 8.42 Å². The molecule has 154 valence electrons. The maximum absolute atomic E-state index is 12.6. The molecule has 1 N–H and O–H groups in total. The van der Waals surface area contributed by atoms with Crippen LogP contribution >= 0.6 is 0 Å². The molecule has 0 fully saturated rings. The highest BCUT2D eigenvalue weighted by molar-refractivity contribution is 7.90. The highest BCUT2D eigenvalue weighted by Gasteiger charge is 2.29. The zero-order valence-electron chi connectivity index (χ0n) is 15.7. The average molecular weight is 409 g/mol. The third kappa shape index (κ3) is 9.62. The molecule has 0 bridgehead atoms. The van der Waals surface area contributed by atoms with Crippen LogP contribution in [0.3, 0.4) is 0 Å². The molecule has 0 saturated carbocycles. The number of rotatable bonds is 9. The Morgan fingerprint density at radius 2 is 1.85 bits per heavy atom. The third-order valence-corrected chi connectivity index (χ3v) is 4.40. The SMILES string of the molecule is CCNC(=NCCOCCS(C)(=O)=O)N(C)Cc1ccc(C(F)(F)F)cc1. The molecule has 10 heteroatoms. The van der Waals surface area contributed by atoms with E-state index in [2.05, 4.69) is 10.3 Å². The van der Waals surface area contributed by atoms with E-state index in [-0.39, 0.29) is 19.0 Å². The van der Waals surface area contributed by atoms with Gasteiger partial charge in [-0.05, 0) is 24.6 Å². The van der Waals surface area contributed by atoms with E-state index >= 15 is 0 Å². The molecule has 0 radical (unpaired) electrons. The summed E-state index contributed by atoms with van der Waals surface area (Å²) < 4.78 is 65.1. The number of alkyl halides is 3. The Morgan fingerprint density at radius 1 is 1.22 bits per heavy atom.